The highest BCUT2D eigenvalue weighted by Crippen LogP contribution is 2.38. The Hall–Kier alpha value is -0.710. The molecule has 0 heterocycles. The maximum absolute atomic E-state index is 8.94. The molecule has 0 spiro atoms. The Bertz CT molecular complexity index is 425. The van der Waals surface area contributed by atoms with Gasteiger partial charge in [0.2, 0.25) is 0 Å². The molecule has 0 saturated heterocycles. The Balaban J connectivity index is 2.14. The molecule has 0 amide bonds. The summed E-state index contributed by atoms with van der Waals surface area (Å²) in [7, 11) is 1.72. The van der Waals surface area contributed by atoms with Crippen molar-refractivity contribution in [3.05, 3.63) is 29.3 Å². The molecule has 0 aromatic heterocycles. The Morgan fingerprint density at radius 2 is 2.30 bits per heavy atom. The van der Waals surface area contributed by atoms with Crippen LogP contribution in [0.5, 0.6) is 5.75 Å². The van der Waals surface area contributed by atoms with Crippen molar-refractivity contribution in [3.63, 3.8) is 0 Å². The number of hydrogen-bond donors (Lipinski definition) is 2. The first-order valence-electron chi connectivity index (χ1n) is 7.42. The molecule has 1 aliphatic carbocycles. The molecule has 112 valence electrons. The second kappa shape index (κ2) is 7.91. The summed E-state index contributed by atoms with van der Waals surface area (Å²) in [4.78, 5) is 0. The van der Waals surface area contributed by atoms with Gasteiger partial charge in [0.25, 0.3) is 0 Å². The molecule has 1 aromatic carbocycles. The van der Waals surface area contributed by atoms with Gasteiger partial charge < -0.3 is 15.2 Å². The van der Waals surface area contributed by atoms with Crippen molar-refractivity contribution in [2.45, 2.75) is 37.5 Å². The van der Waals surface area contributed by atoms with Crippen LogP contribution in [0.2, 0.25) is 0 Å². The minimum Gasteiger partial charge on any atom is -0.497 e. The molecule has 2 N–H and O–H groups in total. The van der Waals surface area contributed by atoms with Crippen LogP contribution in [0.4, 0.5) is 0 Å². The topological polar surface area (TPSA) is 41.5 Å². The van der Waals surface area contributed by atoms with Crippen LogP contribution in [0.15, 0.2) is 18.2 Å². The lowest BCUT2D eigenvalue weighted by Gasteiger charge is -2.34. The SMILES string of the molecule is CCNC1c2ccc(OC)cc2CCC1SCCCO. The molecular formula is C16H25NO2S. The number of rotatable bonds is 7. The molecule has 20 heavy (non-hydrogen) atoms. The number of fused-ring (bicyclic) bond motifs is 1. The van der Waals surface area contributed by atoms with Gasteiger partial charge in [-0.05, 0) is 54.8 Å². The standard InChI is InChI=1S/C16H25NO2S/c1-3-17-16-14-7-6-13(19-2)11-12(14)5-8-15(16)20-10-4-9-18/h6-7,11,15-18H,3-5,8-10H2,1-2H3. The first-order valence-corrected chi connectivity index (χ1v) is 8.47. The number of ether oxygens (including phenoxy) is 1. The summed E-state index contributed by atoms with van der Waals surface area (Å²) >= 11 is 1.99. The first-order chi connectivity index (χ1) is 9.80. The highest BCUT2D eigenvalue weighted by molar-refractivity contribution is 7.99. The van der Waals surface area contributed by atoms with Crippen LogP contribution in [0.1, 0.15) is 36.9 Å². The third kappa shape index (κ3) is 3.68. The molecule has 4 heteroatoms. The number of thioether (sulfide) groups is 1. The van der Waals surface area contributed by atoms with Crippen LogP contribution >= 0.6 is 11.8 Å². The predicted molar refractivity (Wildman–Crippen MR) is 85.7 cm³/mol. The summed E-state index contributed by atoms with van der Waals surface area (Å²) in [6, 6.07) is 6.86. The van der Waals surface area contributed by atoms with Gasteiger partial charge in [-0.3, -0.25) is 0 Å². The van der Waals surface area contributed by atoms with E-state index in [2.05, 4.69) is 30.4 Å². The third-order valence-electron chi connectivity index (χ3n) is 3.81. The molecule has 2 rings (SSSR count). The lowest BCUT2D eigenvalue weighted by atomic mass is 9.87. The average Bonchev–Trinajstić information content (AvgIpc) is 2.49. The van der Waals surface area contributed by atoms with Gasteiger partial charge in [-0.15, -0.1) is 0 Å². The van der Waals surface area contributed by atoms with Gasteiger partial charge in [-0.1, -0.05) is 13.0 Å². The third-order valence-corrected chi connectivity index (χ3v) is 5.27. The van der Waals surface area contributed by atoms with E-state index in [1.165, 1.54) is 17.5 Å². The molecule has 1 aliphatic rings. The average molecular weight is 295 g/mol. The van der Waals surface area contributed by atoms with Gasteiger partial charge in [-0.2, -0.15) is 11.8 Å². The summed E-state index contributed by atoms with van der Waals surface area (Å²) in [5.41, 5.74) is 2.83. The molecule has 2 atom stereocenters. The van der Waals surface area contributed by atoms with Gasteiger partial charge in [0.15, 0.2) is 0 Å². The normalized spacial score (nSPS) is 21.6. The lowest BCUT2D eigenvalue weighted by Crippen LogP contribution is -2.34. The molecular weight excluding hydrogens is 270 g/mol. The summed E-state index contributed by atoms with van der Waals surface area (Å²) in [5.74, 6) is 1.99. The van der Waals surface area contributed by atoms with E-state index < -0.39 is 0 Å². The van der Waals surface area contributed by atoms with E-state index in [-0.39, 0.29) is 0 Å². The van der Waals surface area contributed by atoms with Crippen molar-refractivity contribution in [3.8, 4) is 5.75 Å². The largest absolute Gasteiger partial charge is 0.497 e. The number of benzene rings is 1. The zero-order valence-corrected chi connectivity index (χ0v) is 13.2. The summed E-state index contributed by atoms with van der Waals surface area (Å²) in [6.07, 6.45) is 3.19. The van der Waals surface area contributed by atoms with Gasteiger partial charge in [0, 0.05) is 17.9 Å². The van der Waals surface area contributed by atoms with Gasteiger partial charge >= 0.3 is 0 Å². The van der Waals surface area contributed by atoms with Crippen molar-refractivity contribution in [1.29, 1.82) is 0 Å². The minimum absolute atomic E-state index is 0.291. The fourth-order valence-corrected chi connectivity index (χ4v) is 4.15. The second-order valence-electron chi connectivity index (χ2n) is 5.13. The minimum atomic E-state index is 0.291. The van der Waals surface area contributed by atoms with E-state index in [9.17, 15) is 0 Å². The summed E-state index contributed by atoms with van der Waals surface area (Å²) in [6.45, 7) is 3.43. The molecule has 0 bridgehead atoms. The Kier molecular flexibility index (Phi) is 6.20. The van der Waals surface area contributed by atoms with E-state index in [1.807, 2.05) is 11.8 Å². The molecule has 0 radical (unpaired) electrons. The number of aryl methyl sites for hydroxylation is 1. The zero-order chi connectivity index (χ0) is 14.4. The van der Waals surface area contributed by atoms with Crippen LogP contribution in [0, 0.1) is 0 Å². The maximum atomic E-state index is 8.94. The smallest absolute Gasteiger partial charge is 0.119 e. The maximum Gasteiger partial charge on any atom is 0.119 e. The number of aliphatic hydroxyl groups is 1. The van der Waals surface area contributed by atoms with Crippen molar-refractivity contribution in [2.24, 2.45) is 0 Å². The van der Waals surface area contributed by atoms with Gasteiger partial charge in [0.1, 0.15) is 5.75 Å². The van der Waals surface area contributed by atoms with E-state index >= 15 is 0 Å². The quantitative estimate of drug-likeness (QED) is 0.759. The fraction of sp³-hybridized carbons (Fsp3) is 0.625. The monoisotopic (exact) mass is 295 g/mol. The lowest BCUT2D eigenvalue weighted by molar-refractivity contribution is 0.296. The van der Waals surface area contributed by atoms with Crippen LogP contribution in [-0.2, 0) is 6.42 Å². The number of aliphatic hydroxyl groups excluding tert-OH is 1. The van der Waals surface area contributed by atoms with Crippen LogP contribution in [0.25, 0.3) is 0 Å². The van der Waals surface area contributed by atoms with Crippen molar-refractivity contribution < 1.29 is 9.84 Å². The highest BCUT2D eigenvalue weighted by Gasteiger charge is 2.29. The molecule has 0 aliphatic heterocycles. The first kappa shape index (κ1) is 15.7. The van der Waals surface area contributed by atoms with Crippen molar-refractivity contribution >= 4 is 11.8 Å². The number of methoxy groups -OCH3 is 1. The van der Waals surface area contributed by atoms with Crippen LogP contribution < -0.4 is 10.1 Å². The Labute approximate surface area is 126 Å². The van der Waals surface area contributed by atoms with E-state index in [4.69, 9.17) is 9.84 Å². The molecule has 3 nitrogen and oxygen atoms in total. The van der Waals surface area contributed by atoms with Gasteiger partial charge in [0.05, 0.1) is 7.11 Å². The summed E-state index contributed by atoms with van der Waals surface area (Å²) < 4.78 is 5.33. The van der Waals surface area contributed by atoms with Crippen molar-refractivity contribution in [2.75, 3.05) is 26.0 Å². The van der Waals surface area contributed by atoms with Crippen molar-refractivity contribution in [1.82, 2.24) is 5.32 Å². The highest BCUT2D eigenvalue weighted by atomic mass is 32.2. The van der Waals surface area contributed by atoms with Crippen LogP contribution in [-0.4, -0.2) is 36.4 Å². The van der Waals surface area contributed by atoms with E-state index in [0.717, 1.165) is 30.9 Å². The molecule has 2 unspecified atom stereocenters. The second-order valence-corrected chi connectivity index (χ2v) is 6.47. The Morgan fingerprint density at radius 1 is 1.45 bits per heavy atom. The molecule has 0 saturated carbocycles. The predicted octanol–water partition coefficient (Wildman–Crippen LogP) is 2.78. The van der Waals surface area contributed by atoms with Gasteiger partial charge in [-0.25, -0.2) is 0 Å². The summed E-state index contributed by atoms with van der Waals surface area (Å²) in [5, 5.41) is 13.2. The fourth-order valence-electron chi connectivity index (χ4n) is 2.83. The Morgan fingerprint density at radius 3 is 3.00 bits per heavy atom. The van der Waals surface area contributed by atoms with E-state index in [0.29, 0.717) is 17.9 Å². The van der Waals surface area contributed by atoms with E-state index in [1.54, 1.807) is 7.11 Å². The van der Waals surface area contributed by atoms with Crippen LogP contribution in [0.3, 0.4) is 0 Å². The number of nitrogens with one attached hydrogen (secondary N) is 1. The molecule has 0 fully saturated rings. The molecule has 1 aromatic rings. The number of hydrogen-bond acceptors (Lipinski definition) is 4. The zero-order valence-electron chi connectivity index (χ0n) is 12.4.